The molecule has 0 spiro atoms. The van der Waals surface area contributed by atoms with Gasteiger partial charge in [0.25, 0.3) is 0 Å². The van der Waals surface area contributed by atoms with Gasteiger partial charge in [-0.3, -0.25) is 0 Å². The van der Waals surface area contributed by atoms with Crippen LogP contribution in [0.4, 0.5) is 5.69 Å². The summed E-state index contributed by atoms with van der Waals surface area (Å²) >= 11 is 0. The van der Waals surface area contributed by atoms with Crippen molar-refractivity contribution in [1.82, 2.24) is 0 Å². The van der Waals surface area contributed by atoms with Crippen LogP contribution in [0.2, 0.25) is 0 Å². The predicted molar refractivity (Wildman–Crippen MR) is 74.4 cm³/mol. The third-order valence-electron chi connectivity index (χ3n) is 3.25. The van der Waals surface area contributed by atoms with Gasteiger partial charge in [-0.25, -0.2) is 0 Å². The van der Waals surface area contributed by atoms with Gasteiger partial charge in [-0.2, -0.15) is 0 Å². The summed E-state index contributed by atoms with van der Waals surface area (Å²) in [6.07, 6.45) is 3.66. The van der Waals surface area contributed by atoms with E-state index in [1.807, 2.05) is 30.3 Å². The molecule has 0 saturated carbocycles. The van der Waals surface area contributed by atoms with Crippen molar-refractivity contribution in [3.63, 3.8) is 0 Å². The molecule has 0 radical (unpaired) electrons. The molecule has 2 aromatic carbocycles. The Morgan fingerprint density at radius 2 is 1.78 bits per heavy atom. The second kappa shape index (κ2) is 5.13. The van der Waals surface area contributed by atoms with Gasteiger partial charge in [-0.1, -0.05) is 24.3 Å². The van der Waals surface area contributed by atoms with Crippen LogP contribution >= 0.6 is 0 Å². The SMILES string of the molecule is c1ccc(Oc2ccc3c(c2)NCCCC3)cc1. The summed E-state index contributed by atoms with van der Waals surface area (Å²) in [6.45, 7) is 1.06. The molecule has 0 fully saturated rings. The lowest BCUT2D eigenvalue weighted by molar-refractivity contribution is 0.483. The Morgan fingerprint density at radius 3 is 2.67 bits per heavy atom. The van der Waals surface area contributed by atoms with Gasteiger partial charge >= 0.3 is 0 Å². The minimum Gasteiger partial charge on any atom is -0.457 e. The highest BCUT2D eigenvalue weighted by molar-refractivity contribution is 5.56. The Hall–Kier alpha value is -1.96. The topological polar surface area (TPSA) is 21.3 Å². The number of rotatable bonds is 2. The quantitative estimate of drug-likeness (QED) is 0.846. The van der Waals surface area contributed by atoms with E-state index in [-0.39, 0.29) is 0 Å². The van der Waals surface area contributed by atoms with E-state index in [9.17, 15) is 0 Å². The molecule has 0 aliphatic carbocycles. The molecule has 0 unspecified atom stereocenters. The van der Waals surface area contributed by atoms with Gasteiger partial charge in [-0.15, -0.1) is 0 Å². The maximum absolute atomic E-state index is 5.85. The first kappa shape index (κ1) is 11.1. The maximum atomic E-state index is 5.85. The van der Waals surface area contributed by atoms with Crippen molar-refractivity contribution in [2.45, 2.75) is 19.3 Å². The number of hydrogen-bond acceptors (Lipinski definition) is 2. The third kappa shape index (κ3) is 2.48. The molecule has 18 heavy (non-hydrogen) atoms. The lowest BCUT2D eigenvalue weighted by Gasteiger charge is -2.11. The zero-order valence-electron chi connectivity index (χ0n) is 10.4. The Labute approximate surface area is 108 Å². The van der Waals surface area contributed by atoms with Crippen LogP contribution < -0.4 is 10.1 Å². The van der Waals surface area contributed by atoms with Crippen molar-refractivity contribution in [3.05, 3.63) is 54.1 Å². The van der Waals surface area contributed by atoms with Crippen LogP contribution in [0.1, 0.15) is 18.4 Å². The number of ether oxygens (including phenoxy) is 1. The van der Waals surface area contributed by atoms with Crippen LogP contribution in [-0.2, 0) is 6.42 Å². The lowest BCUT2D eigenvalue weighted by Crippen LogP contribution is -1.99. The largest absolute Gasteiger partial charge is 0.457 e. The van der Waals surface area contributed by atoms with E-state index >= 15 is 0 Å². The number of aryl methyl sites for hydroxylation is 1. The first-order valence-electron chi connectivity index (χ1n) is 6.51. The zero-order chi connectivity index (χ0) is 12.2. The van der Waals surface area contributed by atoms with Crippen LogP contribution in [0.15, 0.2) is 48.5 Å². The smallest absolute Gasteiger partial charge is 0.129 e. The highest BCUT2D eigenvalue weighted by Crippen LogP contribution is 2.29. The molecule has 2 heteroatoms. The molecular formula is C16H17NO. The second-order valence-corrected chi connectivity index (χ2v) is 4.62. The minimum absolute atomic E-state index is 0.881. The Balaban J connectivity index is 1.83. The first-order chi connectivity index (χ1) is 8.92. The number of anilines is 1. The number of benzene rings is 2. The molecule has 2 nitrogen and oxygen atoms in total. The van der Waals surface area contributed by atoms with E-state index in [4.69, 9.17) is 4.74 Å². The van der Waals surface area contributed by atoms with Gasteiger partial charge in [0.2, 0.25) is 0 Å². The molecule has 1 N–H and O–H groups in total. The summed E-state index contributed by atoms with van der Waals surface area (Å²) in [5.41, 5.74) is 2.62. The fourth-order valence-corrected chi connectivity index (χ4v) is 2.29. The Kier molecular flexibility index (Phi) is 3.18. The Bertz CT molecular complexity index is 522. The van der Waals surface area contributed by atoms with Gasteiger partial charge in [-0.05, 0) is 43.0 Å². The van der Waals surface area contributed by atoms with Crippen LogP contribution in [0.5, 0.6) is 11.5 Å². The van der Waals surface area contributed by atoms with Crippen molar-refractivity contribution < 1.29 is 4.74 Å². The molecule has 1 aliphatic rings. The maximum Gasteiger partial charge on any atom is 0.129 e. The minimum atomic E-state index is 0.881. The monoisotopic (exact) mass is 239 g/mol. The average Bonchev–Trinajstić information content (AvgIpc) is 2.64. The summed E-state index contributed by atoms with van der Waals surface area (Å²) < 4.78 is 5.85. The van der Waals surface area contributed by atoms with E-state index in [1.54, 1.807) is 0 Å². The lowest BCUT2D eigenvalue weighted by atomic mass is 10.1. The van der Waals surface area contributed by atoms with Gasteiger partial charge in [0.05, 0.1) is 0 Å². The fraction of sp³-hybridized carbons (Fsp3) is 0.250. The summed E-state index contributed by atoms with van der Waals surface area (Å²) in [4.78, 5) is 0. The first-order valence-corrected chi connectivity index (χ1v) is 6.51. The molecule has 0 bridgehead atoms. The van der Waals surface area contributed by atoms with Crippen LogP contribution in [0.25, 0.3) is 0 Å². The molecule has 1 aliphatic heterocycles. The van der Waals surface area contributed by atoms with Gasteiger partial charge in [0.15, 0.2) is 0 Å². The standard InChI is InChI=1S/C16H17NO/c1-2-7-14(8-3-1)18-15-10-9-13-6-4-5-11-17-16(13)12-15/h1-3,7-10,12,17H,4-6,11H2. The average molecular weight is 239 g/mol. The van der Waals surface area contributed by atoms with E-state index in [0.29, 0.717) is 0 Å². The molecule has 0 saturated heterocycles. The van der Waals surface area contributed by atoms with Crippen LogP contribution in [0, 0.1) is 0 Å². The highest BCUT2D eigenvalue weighted by atomic mass is 16.5. The summed E-state index contributed by atoms with van der Waals surface area (Å²) in [5, 5.41) is 3.47. The normalized spacial score (nSPS) is 14.2. The number of nitrogens with one attached hydrogen (secondary N) is 1. The number of para-hydroxylation sites is 1. The predicted octanol–water partition coefficient (Wildman–Crippen LogP) is 4.23. The van der Waals surface area contributed by atoms with Gasteiger partial charge in [0.1, 0.15) is 11.5 Å². The number of hydrogen-bond donors (Lipinski definition) is 1. The van der Waals surface area contributed by atoms with Gasteiger partial charge < -0.3 is 10.1 Å². The van der Waals surface area contributed by atoms with Crippen molar-refractivity contribution in [1.29, 1.82) is 0 Å². The molecular weight excluding hydrogens is 222 g/mol. The van der Waals surface area contributed by atoms with Crippen molar-refractivity contribution >= 4 is 5.69 Å². The molecule has 92 valence electrons. The van der Waals surface area contributed by atoms with Crippen molar-refractivity contribution in [2.24, 2.45) is 0 Å². The van der Waals surface area contributed by atoms with E-state index < -0.39 is 0 Å². The number of fused-ring (bicyclic) bond motifs is 1. The molecule has 0 aromatic heterocycles. The van der Waals surface area contributed by atoms with Gasteiger partial charge in [0, 0.05) is 18.3 Å². The van der Waals surface area contributed by atoms with E-state index in [0.717, 1.165) is 24.5 Å². The molecule has 2 aromatic rings. The third-order valence-corrected chi connectivity index (χ3v) is 3.25. The molecule has 1 heterocycles. The zero-order valence-corrected chi connectivity index (χ0v) is 10.4. The summed E-state index contributed by atoms with van der Waals surface area (Å²) in [7, 11) is 0. The Morgan fingerprint density at radius 1 is 0.889 bits per heavy atom. The second-order valence-electron chi connectivity index (χ2n) is 4.62. The fourth-order valence-electron chi connectivity index (χ4n) is 2.29. The summed E-state index contributed by atoms with van der Waals surface area (Å²) in [6, 6.07) is 16.2. The van der Waals surface area contributed by atoms with Crippen molar-refractivity contribution in [3.8, 4) is 11.5 Å². The summed E-state index contributed by atoms with van der Waals surface area (Å²) in [5.74, 6) is 1.78. The highest BCUT2D eigenvalue weighted by Gasteiger charge is 2.08. The van der Waals surface area contributed by atoms with E-state index in [1.165, 1.54) is 24.1 Å². The molecule has 0 amide bonds. The van der Waals surface area contributed by atoms with Crippen molar-refractivity contribution in [2.75, 3.05) is 11.9 Å². The van der Waals surface area contributed by atoms with Crippen LogP contribution in [0.3, 0.4) is 0 Å². The molecule has 0 atom stereocenters. The van der Waals surface area contributed by atoms with Crippen LogP contribution in [-0.4, -0.2) is 6.54 Å². The van der Waals surface area contributed by atoms with E-state index in [2.05, 4.69) is 23.5 Å². The molecule has 3 rings (SSSR count).